The molecule has 0 aliphatic rings. The Bertz CT molecular complexity index is 822. The van der Waals surface area contributed by atoms with E-state index in [0.717, 1.165) is 39.2 Å². The summed E-state index contributed by atoms with van der Waals surface area (Å²) in [7, 11) is 3.32. The Kier molecular flexibility index (Phi) is 4.30. The molecule has 0 unspecified atom stereocenters. The fraction of sp³-hybridized carbons (Fsp3) is 0.158. The van der Waals surface area contributed by atoms with E-state index in [0.29, 0.717) is 0 Å². The SMILES string of the molecule is COc1ccc(-c2ccc(C)n2-c2ccc(Cl)cc2)c(OC)c1. The zero-order chi connectivity index (χ0) is 16.4. The van der Waals surface area contributed by atoms with Crippen molar-refractivity contribution >= 4 is 11.6 Å². The van der Waals surface area contributed by atoms with E-state index >= 15 is 0 Å². The second-order valence-electron chi connectivity index (χ2n) is 5.24. The van der Waals surface area contributed by atoms with Gasteiger partial charge >= 0.3 is 0 Å². The van der Waals surface area contributed by atoms with Gasteiger partial charge < -0.3 is 14.0 Å². The first-order valence-electron chi connectivity index (χ1n) is 7.30. The van der Waals surface area contributed by atoms with Crippen LogP contribution in [0.4, 0.5) is 0 Å². The highest BCUT2D eigenvalue weighted by atomic mass is 35.5. The number of benzene rings is 2. The molecule has 0 aliphatic heterocycles. The molecule has 1 heterocycles. The van der Waals surface area contributed by atoms with Gasteiger partial charge in [-0.25, -0.2) is 0 Å². The van der Waals surface area contributed by atoms with Crippen LogP contribution in [0.5, 0.6) is 11.5 Å². The van der Waals surface area contributed by atoms with E-state index in [1.165, 1.54) is 0 Å². The molecule has 3 rings (SSSR count). The zero-order valence-corrected chi connectivity index (χ0v) is 14.1. The fourth-order valence-corrected chi connectivity index (χ4v) is 2.82. The maximum atomic E-state index is 6.01. The number of aromatic nitrogens is 1. The predicted molar refractivity (Wildman–Crippen MR) is 94.1 cm³/mol. The molecule has 0 saturated heterocycles. The highest BCUT2D eigenvalue weighted by molar-refractivity contribution is 6.30. The predicted octanol–water partition coefficient (Wildman–Crippen LogP) is 5.12. The van der Waals surface area contributed by atoms with E-state index in [-0.39, 0.29) is 0 Å². The fourth-order valence-electron chi connectivity index (χ4n) is 2.69. The lowest BCUT2D eigenvalue weighted by Crippen LogP contribution is -2.00. The van der Waals surface area contributed by atoms with Gasteiger partial charge in [-0.3, -0.25) is 0 Å². The third kappa shape index (κ3) is 2.92. The summed E-state index contributed by atoms with van der Waals surface area (Å²) in [6, 6.07) is 17.8. The zero-order valence-electron chi connectivity index (χ0n) is 13.3. The second-order valence-corrected chi connectivity index (χ2v) is 5.67. The van der Waals surface area contributed by atoms with Crippen LogP contribution in [0.2, 0.25) is 5.02 Å². The highest BCUT2D eigenvalue weighted by Crippen LogP contribution is 2.35. The largest absolute Gasteiger partial charge is 0.497 e. The van der Waals surface area contributed by atoms with E-state index in [1.54, 1.807) is 14.2 Å². The molecule has 0 saturated carbocycles. The molecule has 1 aromatic heterocycles. The van der Waals surface area contributed by atoms with E-state index in [9.17, 15) is 0 Å². The molecular weight excluding hydrogens is 310 g/mol. The van der Waals surface area contributed by atoms with Gasteiger partial charge in [-0.05, 0) is 55.5 Å². The summed E-state index contributed by atoms with van der Waals surface area (Å²) >= 11 is 6.01. The minimum absolute atomic E-state index is 0.724. The molecule has 0 fully saturated rings. The Morgan fingerprint density at radius 3 is 2.26 bits per heavy atom. The third-order valence-corrected chi connectivity index (χ3v) is 4.10. The first kappa shape index (κ1) is 15.5. The molecular formula is C19H18ClNO2. The van der Waals surface area contributed by atoms with Crippen LogP contribution in [0.3, 0.4) is 0 Å². The molecule has 0 radical (unpaired) electrons. The number of aryl methyl sites for hydroxylation is 1. The quantitative estimate of drug-likeness (QED) is 0.663. The lowest BCUT2D eigenvalue weighted by Gasteiger charge is -2.15. The number of nitrogens with zero attached hydrogens (tertiary/aromatic N) is 1. The normalized spacial score (nSPS) is 10.6. The number of halogens is 1. The first-order chi connectivity index (χ1) is 11.1. The van der Waals surface area contributed by atoms with Gasteiger partial charge in [-0.15, -0.1) is 0 Å². The van der Waals surface area contributed by atoms with Gasteiger partial charge in [0.2, 0.25) is 0 Å². The Labute approximate surface area is 141 Å². The van der Waals surface area contributed by atoms with Crippen LogP contribution in [0.25, 0.3) is 16.9 Å². The minimum Gasteiger partial charge on any atom is -0.497 e. The smallest absolute Gasteiger partial charge is 0.131 e. The maximum absolute atomic E-state index is 6.01. The molecule has 2 aromatic carbocycles. The first-order valence-corrected chi connectivity index (χ1v) is 7.68. The summed E-state index contributed by atoms with van der Waals surface area (Å²) < 4.78 is 13.0. The summed E-state index contributed by atoms with van der Waals surface area (Å²) in [6.45, 7) is 2.08. The Hall–Kier alpha value is -2.39. The van der Waals surface area contributed by atoms with Crippen LogP contribution in [-0.4, -0.2) is 18.8 Å². The van der Waals surface area contributed by atoms with Crippen molar-refractivity contribution in [3.8, 4) is 28.4 Å². The van der Waals surface area contributed by atoms with Gasteiger partial charge in [-0.2, -0.15) is 0 Å². The molecule has 4 heteroatoms. The van der Waals surface area contributed by atoms with Crippen molar-refractivity contribution in [3.05, 3.63) is 65.3 Å². The van der Waals surface area contributed by atoms with Crippen LogP contribution in [0.15, 0.2) is 54.6 Å². The van der Waals surface area contributed by atoms with Crippen LogP contribution in [0, 0.1) is 6.92 Å². The number of methoxy groups -OCH3 is 2. The van der Waals surface area contributed by atoms with Crippen LogP contribution in [-0.2, 0) is 0 Å². The number of hydrogen-bond acceptors (Lipinski definition) is 2. The summed E-state index contributed by atoms with van der Waals surface area (Å²) in [6.07, 6.45) is 0. The molecule has 23 heavy (non-hydrogen) atoms. The number of hydrogen-bond donors (Lipinski definition) is 0. The lowest BCUT2D eigenvalue weighted by atomic mass is 10.1. The van der Waals surface area contributed by atoms with Gasteiger partial charge in [0, 0.05) is 28.0 Å². The van der Waals surface area contributed by atoms with Gasteiger partial charge in [0.25, 0.3) is 0 Å². The Balaban J connectivity index is 2.17. The van der Waals surface area contributed by atoms with E-state index in [1.807, 2.05) is 42.5 Å². The lowest BCUT2D eigenvalue weighted by molar-refractivity contribution is 0.395. The molecule has 118 valence electrons. The molecule has 0 atom stereocenters. The van der Waals surface area contributed by atoms with Crippen molar-refractivity contribution in [3.63, 3.8) is 0 Å². The molecule has 3 aromatic rings. The molecule has 0 amide bonds. The Morgan fingerprint density at radius 1 is 0.870 bits per heavy atom. The van der Waals surface area contributed by atoms with Crippen LogP contribution < -0.4 is 9.47 Å². The van der Waals surface area contributed by atoms with Crippen LogP contribution in [0.1, 0.15) is 5.69 Å². The molecule has 0 N–H and O–H groups in total. The standard InChI is InChI=1S/C19H18ClNO2/c1-13-4-11-18(21(13)15-7-5-14(20)6-8-15)17-10-9-16(22-2)12-19(17)23-3/h4-12H,1-3H3. The van der Waals surface area contributed by atoms with Gasteiger partial charge in [-0.1, -0.05) is 11.6 Å². The number of ether oxygens (including phenoxy) is 2. The third-order valence-electron chi connectivity index (χ3n) is 3.85. The van der Waals surface area contributed by atoms with Crippen LogP contribution >= 0.6 is 11.6 Å². The van der Waals surface area contributed by atoms with Crippen molar-refractivity contribution in [1.29, 1.82) is 0 Å². The summed E-state index contributed by atoms with van der Waals surface area (Å²) in [4.78, 5) is 0. The van der Waals surface area contributed by atoms with Crippen molar-refractivity contribution in [2.45, 2.75) is 6.92 Å². The monoisotopic (exact) mass is 327 g/mol. The van der Waals surface area contributed by atoms with E-state index in [4.69, 9.17) is 21.1 Å². The molecule has 0 aliphatic carbocycles. The summed E-state index contributed by atoms with van der Waals surface area (Å²) in [5.74, 6) is 1.55. The minimum atomic E-state index is 0.724. The molecule has 0 spiro atoms. The molecule has 0 bridgehead atoms. The number of rotatable bonds is 4. The van der Waals surface area contributed by atoms with Crippen molar-refractivity contribution < 1.29 is 9.47 Å². The van der Waals surface area contributed by atoms with E-state index in [2.05, 4.69) is 23.6 Å². The molecule has 3 nitrogen and oxygen atoms in total. The van der Waals surface area contributed by atoms with Gasteiger partial charge in [0.1, 0.15) is 11.5 Å². The van der Waals surface area contributed by atoms with Crippen molar-refractivity contribution in [2.75, 3.05) is 14.2 Å². The van der Waals surface area contributed by atoms with Crippen molar-refractivity contribution in [2.24, 2.45) is 0 Å². The summed E-state index contributed by atoms with van der Waals surface area (Å²) in [5, 5.41) is 0.724. The average Bonchev–Trinajstić information content (AvgIpc) is 2.96. The van der Waals surface area contributed by atoms with Gasteiger partial charge in [0.15, 0.2) is 0 Å². The van der Waals surface area contributed by atoms with E-state index < -0.39 is 0 Å². The second kappa shape index (κ2) is 6.39. The van der Waals surface area contributed by atoms with Crippen molar-refractivity contribution in [1.82, 2.24) is 4.57 Å². The topological polar surface area (TPSA) is 23.4 Å². The maximum Gasteiger partial charge on any atom is 0.131 e. The highest BCUT2D eigenvalue weighted by Gasteiger charge is 2.14. The van der Waals surface area contributed by atoms with Gasteiger partial charge in [0.05, 0.1) is 19.9 Å². The Morgan fingerprint density at radius 2 is 1.61 bits per heavy atom. The summed E-state index contributed by atoms with van der Waals surface area (Å²) in [5.41, 5.74) is 4.27. The average molecular weight is 328 g/mol.